The van der Waals surface area contributed by atoms with Crippen LogP contribution in [0.25, 0.3) is 16.6 Å². The number of nitrogens with zero attached hydrogens (tertiary/aromatic N) is 2. The minimum Gasteiger partial charge on any atom is -0.312 e. The summed E-state index contributed by atoms with van der Waals surface area (Å²) in [6, 6.07) is 28.3. The molecule has 0 unspecified atom stereocenters. The van der Waals surface area contributed by atoms with Gasteiger partial charge in [-0.1, -0.05) is 67.4 Å². The molecular weight excluding hydrogens is 420 g/mol. The zero-order chi connectivity index (χ0) is 22.8. The molecule has 4 aromatic rings. The summed E-state index contributed by atoms with van der Waals surface area (Å²) < 4.78 is 2.27. The van der Waals surface area contributed by atoms with Crippen molar-refractivity contribution >= 4 is 28.4 Å². The van der Waals surface area contributed by atoms with Gasteiger partial charge in [-0.15, -0.1) is 0 Å². The van der Waals surface area contributed by atoms with E-state index in [0.29, 0.717) is 11.6 Å². The Hall–Kier alpha value is -3.66. The molecule has 2 aliphatic carbocycles. The Bertz CT molecular complexity index is 1420. The second-order valence-electron chi connectivity index (χ2n) is 9.89. The van der Waals surface area contributed by atoms with E-state index < -0.39 is 5.92 Å². The van der Waals surface area contributed by atoms with Crippen molar-refractivity contribution in [2.24, 2.45) is 11.8 Å². The third-order valence-electron chi connectivity index (χ3n) is 8.28. The fourth-order valence-electron chi connectivity index (χ4n) is 7.03. The summed E-state index contributed by atoms with van der Waals surface area (Å²) >= 11 is 0. The van der Waals surface area contributed by atoms with Crippen LogP contribution in [0, 0.1) is 11.8 Å². The minimum atomic E-state index is -0.449. The number of anilines is 1. The lowest BCUT2D eigenvalue weighted by atomic mass is 9.61. The van der Waals surface area contributed by atoms with Crippen molar-refractivity contribution in [1.29, 1.82) is 0 Å². The first-order chi connectivity index (χ1) is 16.8. The molecule has 0 spiro atoms. The van der Waals surface area contributed by atoms with Gasteiger partial charge in [0.2, 0.25) is 11.8 Å². The second-order valence-corrected chi connectivity index (χ2v) is 9.89. The van der Waals surface area contributed by atoms with Crippen molar-refractivity contribution in [3.05, 3.63) is 96.2 Å². The number of carbonyl (C=O) groups is 2. The summed E-state index contributed by atoms with van der Waals surface area (Å²) in [5, 5.41) is 1.23. The van der Waals surface area contributed by atoms with E-state index in [1.807, 2.05) is 48.5 Å². The number of amides is 2. The number of hydrogen-bond acceptors (Lipinski definition) is 2. The van der Waals surface area contributed by atoms with Crippen molar-refractivity contribution < 1.29 is 9.59 Å². The highest BCUT2D eigenvalue weighted by molar-refractivity contribution is 6.24. The van der Waals surface area contributed by atoms with Gasteiger partial charge in [-0.3, -0.25) is 9.59 Å². The van der Waals surface area contributed by atoms with E-state index in [2.05, 4.69) is 41.0 Å². The summed E-state index contributed by atoms with van der Waals surface area (Å²) in [6.45, 7) is 0. The predicted octanol–water partition coefficient (Wildman–Crippen LogP) is 6.19. The van der Waals surface area contributed by atoms with Crippen LogP contribution in [0.5, 0.6) is 0 Å². The lowest BCUT2D eigenvalue weighted by Crippen LogP contribution is -2.38. The average molecular weight is 447 g/mol. The van der Waals surface area contributed by atoms with Gasteiger partial charge in [0, 0.05) is 16.8 Å². The fourth-order valence-corrected chi connectivity index (χ4v) is 7.03. The maximum absolute atomic E-state index is 14.1. The van der Waals surface area contributed by atoms with Gasteiger partial charge < -0.3 is 4.57 Å². The Morgan fingerprint density at radius 1 is 0.676 bits per heavy atom. The first-order valence-electron chi connectivity index (χ1n) is 12.4. The van der Waals surface area contributed by atoms with Crippen LogP contribution in [0.3, 0.4) is 0 Å². The van der Waals surface area contributed by atoms with Crippen LogP contribution < -0.4 is 4.90 Å². The highest BCUT2D eigenvalue weighted by Crippen LogP contribution is 2.58. The zero-order valence-corrected chi connectivity index (χ0v) is 18.9. The highest BCUT2D eigenvalue weighted by Gasteiger charge is 2.59. The first-order valence-corrected chi connectivity index (χ1v) is 12.4. The maximum Gasteiger partial charge on any atom is 0.243 e. The molecule has 1 aromatic heterocycles. The van der Waals surface area contributed by atoms with Crippen molar-refractivity contribution in [2.45, 2.75) is 37.5 Å². The van der Waals surface area contributed by atoms with Crippen LogP contribution in [0.15, 0.2) is 84.9 Å². The molecule has 168 valence electrons. The second kappa shape index (κ2) is 7.42. The number of para-hydroxylation sites is 3. The summed E-state index contributed by atoms with van der Waals surface area (Å²) in [6.07, 6.45) is 4.39. The topological polar surface area (TPSA) is 42.3 Å². The molecule has 1 saturated carbocycles. The Kier molecular flexibility index (Phi) is 4.32. The number of aromatic nitrogens is 1. The molecule has 1 aliphatic heterocycles. The van der Waals surface area contributed by atoms with Gasteiger partial charge in [0.15, 0.2) is 0 Å². The Balaban J connectivity index is 1.54. The molecule has 2 heterocycles. The third kappa shape index (κ3) is 2.60. The maximum atomic E-state index is 14.1. The van der Waals surface area contributed by atoms with E-state index in [1.165, 1.54) is 22.3 Å². The molecule has 3 aromatic carbocycles. The van der Waals surface area contributed by atoms with Crippen molar-refractivity contribution in [3.8, 4) is 5.69 Å². The van der Waals surface area contributed by atoms with Crippen LogP contribution in [0.1, 0.15) is 48.8 Å². The molecule has 2 amide bonds. The van der Waals surface area contributed by atoms with Gasteiger partial charge in [0.1, 0.15) is 0 Å². The van der Waals surface area contributed by atoms with Crippen LogP contribution in [0.2, 0.25) is 0 Å². The molecule has 7 rings (SSSR count). The summed E-state index contributed by atoms with van der Waals surface area (Å²) in [5.74, 6) is -0.314. The number of fused-ring (bicyclic) bond motifs is 8. The molecule has 1 saturated heterocycles. The highest BCUT2D eigenvalue weighted by atomic mass is 16.2. The van der Waals surface area contributed by atoms with Gasteiger partial charge in [0.05, 0.1) is 23.0 Å². The summed E-state index contributed by atoms with van der Waals surface area (Å²) in [4.78, 5) is 29.6. The van der Waals surface area contributed by atoms with Crippen molar-refractivity contribution in [1.82, 2.24) is 4.57 Å². The SMILES string of the molecule is O=C1[C@@H]2[C@@H]3CCCC[C@@H]3c3c(n(-c4ccccc4)c4ccccc34)[C@@H]2C(=O)N1c1ccccc1. The van der Waals surface area contributed by atoms with E-state index in [-0.39, 0.29) is 23.7 Å². The number of benzene rings is 3. The molecule has 0 radical (unpaired) electrons. The Labute approximate surface area is 198 Å². The fraction of sp³-hybridized carbons (Fsp3) is 0.267. The van der Waals surface area contributed by atoms with Gasteiger partial charge >= 0.3 is 0 Å². The Morgan fingerprint density at radius 3 is 2.09 bits per heavy atom. The quantitative estimate of drug-likeness (QED) is 0.345. The van der Waals surface area contributed by atoms with Crippen molar-refractivity contribution in [3.63, 3.8) is 0 Å². The van der Waals surface area contributed by atoms with E-state index in [1.54, 1.807) is 0 Å². The van der Waals surface area contributed by atoms with Crippen LogP contribution >= 0.6 is 0 Å². The predicted molar refractivity (Wildman–Crippen MR) is 133 cm³/mol. The lowest BCUT2D eigenvalue weighted by Gasteiger charge is -2.41. The molecule has 2 fully saturated rings. The largest absolute Gasteiger partial charge is 0.312 e. The van der Waals surface area contributed by atoms with Gasteiger partial charge in [-0.25, -0.2) is 4.90 Å². The Morgan fingerprint density at radius 2 is 1.32 bits per heavy atom. The van der Waals surface area contributed by atoms with Crippen molar-refractivity contribution in [2.75, 3.05) is 4.90 Å². The summed E-state index contributed by atoms with van der Waals surface area (Å²) in [5.41, 5.74) is 5.20. The number of rotatable bonds is 2. The van der Waals surface area contributed by atoms with E-state index in [0.717, 1.165) is 36.2 Å². The van der Waals surface area contributed by atoms with E-state index >= 15 is 0 Å². The third-order valence-corrected chi connectivity index (χ3v) is 8.28. The first kappa shape index (κ1) is 19.8. The standard InChI is InChI=1S/C30H26N2O2/c33-29-26-22-16-8-7-15-21(22)25-23-17-9-10-18-24(23)31(19-11-3-1-4-12-19)28(25)27(26)30(34)32(29)20-13-5-2-6-14-20/h1-6,9-14,17-18,21-22,26-27H,7-8,15-16H2/t21-,22+,26+,27+/m0/s1. The molecule has 0 N–H and O–H groups in total. The normalized spacial score (nSPS) is 25.8. The van der Waals surface area contributed by atoms with Gasteiger partial charge in [-0.05, 0) is 60.6 Å². The molecule has 4 atom stereocenters. The monoisotopic (exact) mass is 446 g/mol. The van der Waals surface area contributed by atoms with Crippen LogP contribution in [0.4, 0.5) is 5.69 Å². The smallest absolute Gasteiger partial charge is 0.243 e. The average Bonchev–Trinajstić information content (AvgIpc) is 3.37. The summed E-state index contributed by atoms with van der Waals surface area (Å²) in [7, 11) is 0. The van der Waals surface area contributed by atoms with Crippen LogP contribution in [-0.2, 0) is 9.59 Å². The minimum absolute atomic E-state index is 0.0198. The van der Waals surface area contributed by atoms with Gasteiger partial charge in [-0.2, -0.15) is 0 Å². The molecule has 34 heavy (non-hydrogen) atoms. The zero-order valence-electron chi connectivity index (χ0n) is 18.9. The molecule has 4 heteroatoms. The van der Waals surface area contributed by atoms with Gasteiger partial charge in [0.25, 0.3) is 0 Å². The molecule has 3 aliphatic rings. The number of carbonyl (C=O) groups excluding carboxylic acids is 2. The molecular formula is C30H26N2O2. The number of hydrogen-bond donors (Lipinski definition) is 0. The van der Waals surface area contributed by atoms with E-state index in [9.17, 15) is 9.59 Å². The molecule has 4 nitrogen and oxygen atoms in total. The molecule has 0 bridgehead atoms. The van der Waals surface area contributed by atoms with Crippen LogP contribution in [-0.4, -0.2) is 16.4 Å². The lowest BCUT2D eigenvalue weighted by molar-refractivity contribution is -0.123. The van der Waals surface area contributed by atoms with E-state index in [4.69, 9.17) is 0 Å². The number of imide groups is 1.